The molecular formula is C11H17FN2O. The number of benzene rings is 1. The summed E-state index contributed by atoms with van der Waals surface area (Å²) in [5.74, 6) is -0.319. The van der Waals surface area contributed by atoms with E-state index in [1.807, 2.05) is 19.0 Å². The van der Waals surface area contributed by atoms with Crippen LogP contribution in [0.15, 0.2) is 18.2 Å². The molecule has 3 nitrogen and oxygen atoms in total. The van der Waals surface area contributed by atoms with Crippen LogP contribution in [0.4, 0.5) is 10.1 Å². The Kier molecular flexibility index (Phi) is 4.52. The van der Waals surface area contributed by atoms with Crippen molar-refractivity contribution in [3.8, 4) is 0 Å². The van der Waals surface area contributed by atoms with E-state index in [4.69, 9.17) is 5.11 Å². The second-order valence-corrected chi connectivity index (χ2v) is 3.70. The Labute approximate surface area is 89.5 Å². The standard InChI is InChI=1S/C11H17FN2O/c1-14(2)6-5-13-11-4-3-9(8-15)7-10(11)12/h3-4,7,13,15H,5-6,8H2,1-2H3. The lowest BCUT2D eigenvalue weighted by molar-refractivity contribution is 0.281. The fraction of sp³-hybridized carbons (Fsp3) is 0.455. The van der Waals surface area contributed by atoms with Gasteiger partial charge in [0.05, 0.1) is 12.3 Å². The number of likely N-dealkylation sites (N-methyl/N-ethyl adjacent to an activating group) is 1. The molecule has 0 heterocycles. The largest absolute Gasteiger partial charge is 0.392 e. The van der Waals surface area contributed by atoms with Crippen LogP contribution in [0.1, 0.15) is 5.56 Å². The molecule has 84 valence electrons. The van der Waals surface area contributed by atoms with Crippen molar-refractivity contribution in [2.45, 2.75) is 6.61 Å². The molecule has 0 saturated carbocycles. The Morgan fingerprint density at radius 3 is 2.67 bits per heavy atom. The predicted molar refractivity (Wildman–Crippen MR) is 59.4 cm³/mol. The highest BCUT2D eigenvalue weighted by molar-refractivity contribution is 5.46. The van der Waals surface area contributed by atoms with Crippen LogP contribution in [0.25, 0.3) is 0 Å². The highest BCUT2D eigenvalue weighted by Gasteiger charge is 2.02. The quantitative estimate of drug-likeness (QED) is 0.772. The first-order valence-corrected chi connectivity index (χ1v) is 4.91. The molecule has 0 aromatic heterocycles. The van der Waals surface area contributed by atoms with Gasteiger partial charge < -0.3 is 15.3 Å². The first-order valence-electron chi connectivity index (χ1n) is 4.91. The third kappa shape index (κ3) is 3.85. The van der Waals surface area contributed by atoms with Gasteiger partial charge >= 0.3 is 0 Å². The number of aliphatic hydroxyl groups is 1. The number of anilines is 1. The van der Waals surface area contributed by atoms with Crippen LogP contribution in [-0.4, -0.2) is 37.2 Å². The third-order valence-electron chi connectivity index (χ3n) is 2.09. The Bertz CT molecular complexity index is 315. The highest BCUT2D eigenvalue weighted by Crippen LogP contribution is 2.15. The Balaban J connectivity index is 2.54. The molecule has 0 spiro atoms. The average molecular weight is 212 g/mol. The van der Waals surface area contributed by atoms with Gasteiger partial charge in [-0.1, -0.05) is 6.07 Å². The number of nitrogens with one attached hydrogen (secondary N) is 1. The SMILES string of the molecule is CN(C)CCNc1ccc(CO)cc1F. The normalized spacial score (nSPS) is 10.7. The van der Waals surface area contributed by atoms with Crippen molar-refractivity contribution in [1.82, 2.24) is 4.90 Å². The highest BCUT2D eigenvalue weighted by atomic mass is 19.1. The van der Waals surface area contributed by atoms with Crippen LogP contribution >= 0.6 is 0 Å². The fourth-order valence-corrected chi connectivity index (χ4v) is 1.21. The molecule has 15 heavy (non-hydrogen) atoms. The number of hydrogen-bond donors (Lipinski definition) is 2. The van der Waals surface area contributed by atoms with Crippen LogP contribution < -0.4 is 5.32 Å². The molecule has 0 fully saturated rings. The maximum atomic E-state index is 13.4. The second-order valence-electron chi connectivity index (χ2n) is 3.70. The molecule has 0 saturated heterocycles. The first kappa shape index (κ1) is 11.9. The second kappa shape index (κ2) is 5.68. The summed E-state index contributed by atoms with van der Waals surface area (Å²) in [6.07, 6.45) is 0. The van der Waals surface area contributed by atoms with Gasteiger partial charge in [0.1, 0.15) is 5.82 Å². The predicted octanol–water partition coefficient (Wildman–Crippen LogP) is 1.29. The molecule has 0 radical (unpaired) electrons. The Morgan fingerprint density at radius 2 is 2.13 bits per heavy atom. The van der Waals surface area contributed by atoms with E-state index in [9.17, 15) is 4.39 Å². The minimum atomic E-state index is -0.319. The van der Waals surface area contributed by atoms with E-state index in [0.29, 0.717) is 17.8 Å². The van der Waals surface area contributed by atoms with Crippen molar-refractivity contribution in [2.75, 3.05) is 32.5 Å². The van der Waals surface area contributed by atoms with Gasteiger partial charge in [-0.3, -0.25) is 0 Å². The summed E-state index contributed by atoms with van der Waals surface area (Å²) in [7, 11) is 3.93. The number of aliphatic hydroxyl groups excluding tert-OH is 1. The van der Waals surface area contributed by atoms with E-state index in [2.05, 4.69) is 5.32 Å². The maximum absolute atomic E-state index is 13.4. The van der Waals surface area contributed by atoms with Crippen molar-refractivity contribution in [3.63, 3.8) is 0 Å². The van der Waals surface area contributed by atoms with Gasteiger partial charge in [-0.2, -0.15) is 0 Å². The molecule has 0 aliphatic heterocycles. The summed E-state index contributed by atoms with van der Waals surface area (Å²) in [4.78, 5) is 2.02. The van der Waals surface area contributed by atoms with Crippen LogP contribution in [0.5, 0.6) is 0 Å². The summed E-state index contributed by atoms with van der Waals surface area (Å²) in [6.45, 7) is 1.42. The first-order chi connectivity index (χ1) is 7.13. The summed E-state index contributed by atoms with van der Waals surface area (Å²) in [6, 6.07) is 4.70. The van der Waals surface area contributed by atoms with E-state index in [1.54, 1.807) is 12.1 Å². The van der Waals surface area contributed by atoms with Crippen molar-refractivity contribution in [2.24, 2.45) is 0 Å². The molecule has 1 aromatic carbocycles. The molecule has 0 atom stereocenters. The van der Waals surface area contributed by atoms with Crippen LogP contribution in [0, 0.1) is 5.82 Å². The average Bonchev–Trinajstić information content (AvgIpc) is 2.20. The zero-order valence-corrected chi connectivity index (χ0v) is 9.13. The molecule has 2 N–H and O–H groups in total. The fourth-order valence-electron chi connectivity index (χ4n) is 1.21. The van der Waals surface area contributed by atoms with Gasteiger partial charge in [0.2, 0.25) is 0 Å². The molecule has 0 bridgehead atoms. The molecule has 0 unspecified atom stereocenters. The maximum Gasteiger partial charge on any atom is 0.146 e. The lowest BCUT2D eigenvalue weighted by atomic mass is 10.2. The monoisotopic (exact) mass is 212 g/mol. The van der Waals surface area contributed by atoms with E-state index in [0.717, 1.165) is 6.54 Å². The summed E-state index contributed by atoms with van der Waals surface area (Å²) >= 11 is 0. The van der Waals surface area contributed by atoms with Crippen molar-refractivity contribution in [1.29, 1.82) is 0 Å². The van der Waals surface area contributed by atoms with Gasteiger partial charge in [0.15, 0.2) is 0 Å². The molecule has 1 rings (SSSR count). The molecule has 4 heteroatoms. The number of nitrogens with zero attached hydrogens (tertiary/aromatic N) is 1. The smallest absolute Gasteiger partial charge is 0.146 e. The van der Waals surface area contributed by atoms with Gasteiger partial charge in [-0.05, 0) is 31.8 Å². The lowest BCUT2D eigenvalue weighted by Crippen LogP contribution is -2.21. The van der Waals surface area contributed by atoms with Crippen molar-refractivity contribution < 1.29 is 9.50 Å². The lowest BCUT2D eigenvalue weighted by Gasteiger charge is -2.12. The minimum Gasteiger partial charge on any atom is -0.392 e. The zero-order valence-electron chi connectivity index (χ0n) is 9.13. The van der Waals surface area contributed by atoms with E-state index in [1.165, 1.54) is 6.07 Å². The van der Waals surface area contributed by atoms with Gasteiger partial charge in [-0.25, -0.2) is 4.39 Å². The molecular weight excluding hydrogens is 195 g/mol. The van der Waals surface area contributed by atoms with Gasteiger partial charge in [-0.15, -0.1) is 0 Å². The Hall–Kier alpha value is -1.13. The summed E-state index contributed by atoms with van der Waals surface area (Å²) in [5.41, 5.74) is 1.07. The molecule has 0 amide bonds. The van der Waals surface area contributed by atoms with Crippen LogP contribution in [0.3, 0.4) is 0 Å². The van der Waals surface area contributed by atoms with Crippen LogP contribution in [-0.2, 0) is 6.61 Å². The molecule has 0 aliphatic carbocycles. The van der Waals surface area contributed by atoms with E-state index >= 15 is 0 Å². The minimum absolute atomic E-state index is 0.130. The van der Waals surface area contributed by atoms with Crippen molar-refractivity contribution in [3.05, 3.63) is 29.6 Å². The van der Waals surface area contributed by atoms with E-state index < -0.39 is 0 Å². The molecule has 0 aliphatic rings. The number of hydrogen-bond acceptors (Lipinski definition) is 3. The third-order valence-corrected chi connectivity index (χ3v) is 2.09. The summed E-state index contributed by atoms with van der Waals surface area (Å²) in [5, 5.41) is 11.8. The zero-order chi connectivity index (χ0) is 11.3. The number of halogens is 1. The summed E-state index contributed by atoms with van der Waals surface area (Å²) < 4.78 is 13.4. The van der Waals surface area contributed by atoms with Gasteiger partial charge in [0, 0.05) is 13.1 Å². The Morgan fingerprint density at radius 1 is 1.40 bits per heavy atom. The topological polar surface area (TPSA) is 35.5 Å². The molecule has 1 aromatic rings. The van der Waals surface area contributed by atoms with Gasteiger partial charge in [0.25, 0.3) is 0 Å². The van der Waals surface area contributed by atoms with E-state index in [-0.39, 0.29) is 12.4 Å². The number of rotatable bonds is 5. The van der Waals surface area contributed by atoms with Crippen LogP contribution in [0.2, 0.25) is 0 Å². The van der Waals surface area contributed by atoms with Crippen molar-refractivity contribution >= 4 is 5.69 Å².